The molecule has 0 bridgehead atoms. The molecule has 0 radical (unpaired) electrons. The summed E-state index contributed by atoms with van der Waals surface area (Å²) in [6.07, 6.45) is 2.84. The van der Waals surface area contributed by atoms with Crippen molar-refractivity contribution in [3.63, 3.8) is 0 Å². The maximum Gasteiger partial charge on any atom is 0.126 e. The van der Waals surface area contributed by atoms with Crippen LogP contribution in [0.25, 0.3) is 0 Å². The van der Waals surface area contributed by atoms with Crippen LogP contribution in [0.3, 0.4) is 0 Å². The van der Waals surface area contributed by atoms with E-state index in [1.807, 2.05) is 0 Å². The summed E-state index contributed by atoms with van der Waals surface area (Å²) in [5, 5.41) is 0. The van der Waals surface area contributed by atoms with Gasteiger partial charge in [0, 0.05) is 25.1 Å². The second-order valence-electron chi connectivity index (χ2n) is 4.55. The molecule has 1 heterocycles. The molecule has 1 fully saturated rings. The Labute approximate surface area is 99.2 Å². The normalized spacial score (nSPS) is 21.4. The van der Waals surface area contributed by atoms with Crippen LogP contribution >= 0.6 is 0 Å². The quantitative estimate of drug-likeness (QED) is 0.755. The SMILES string of the molecule is O=CC1CCCN(Cc2cc(F)cc(F)c2)C1. The summed E-state index contributed by atoms with van der Waals surface area (Å²) in [6.45, 7) is 2.06. The summed E-state index contributed by atoms with van der Waals surface area (Å²) in [5.74, 6) is -1.05. The molecular weight excluding hydrogens is 224 g/mol. The lowest BCUT2D eigenvalue weighted by atomic mass is 9.99. The van der Waals surface area contributed by atoms with Gasteiger partial charge in [-0.25, -0.2) is 8.78 Å². The first-order valence-electron chi connectivity index (χ1n) is 5.80. The molecular formula is C13H15F2NO. The van der Waals surface area contributed by atoms with Gasteiger partial charge < -0.3 is 4.79 Å². The van der Waals surface area contributed by atoms with Crippen molar-refractivity contribution < 1.29 is 13.6 Å². The molecule has 1 aromatic rings. The number of hydrogen-bond acceptors (Lipinski definition) is 2. The van der Waals surface area contributed by atoms with E-state index >= 15 is 0 Å². The lowest BCUT2D eigenvalue weighted by Gasteiger charge is -2.30. The number of halogens is 2. The van der Waals surface area contributed by atoms with Gasteiger partial charge in [0.15, 0.2) is 0 Å². The van der Waals surface area contributed by atoms with Gasteiger partial charge in [0.1, 0.15) is 17.9 Å². The monoisotopic (exact) mass is 239 g/mol. The Hall–Kier alpha value is -1.29. The highest BCUT2D eigenvalue weighted by atomic mass is 19.1. The van der Waals surface area contributed by atoms with Gasteiger partial charge in [-0.15, -0.1) is 0 Å². The molecule has 0 N–H and O–H groups in total. The van der Waals surface area contributed by atoms with Crippen LogP contribution < -0.4 is 0 Å². The number of hydrogen-bond donors (Lipinski definition) is 0. The van der Waals surface area contributed by atoms with E-state index in [1.165, 1.54) is 12.1 Å². The average molecular weight is 239 g/mol. The lowest BCUT2D eigenvalue weighted by molar-refractivity contribution is -0.112. The molecule has 2 rings (SSSR count). The van der Waals surface area contributed by atoms with Crippen LogP contribution in [0.5, 0.6) is 0 Å². The fraction of sp³-hybridized carbons (Fsp3) is 0.462. The highest BCUT2D eigenvalue weighted by molar-refractivity contribution is 5.53. The maximum absolute atomic E-state index is 13.0. The number of carbonyl (C=O) groups excluding carboxylic acids is 1. The van der Waals surface area contributed by atoms with Gasteiger partial charge in [0.25, 0.3) is 0 Å². The molecule has 0 saturated carbocycles. The first-order valence-corrected chi connectivity index (χ1v) is 5.80. The number of benzene rings is 1. The zero-order valence-corrected chi connectivity index (χ0v) is 9.53. The molecule has 1 aliphatic heterocycles. The van der Waals surface area contributed by atoms with E-state index < -0.39 is 11.6 Å². The molecule has 4 heteroatoms. The van der Waals surface area contributed by atoms with Crippen molar-refractivity contribution in [2.24, 2.45) is 5.92 Å². The predicted octanol–water partition coefficient (Wildman–Crippen LogP) is 2.38. The molecule has 1 saturated heterocycles. The lowest BCUT2D eigenvalue weighted by Crippen LogP contribution is -2.35. The van der Waals surface area contributed by atoms with Crippen LogP contribution in [0.1, 0.15) is 18.4 Å². The summed E-state index contributed by atoms with van der Waals surface area (Å²) in [6, 6.07) is 3.55. The van der Waals surface area contributed by atoms with Crippen LogP contribution in [0, 0.1) is 17.6 Å². The first-order chi connectivity index (χ1) is 8.17. The minimum atomic E-state index is -0.552. The van der Waals surface area contributed by atoms with E-state index in [1.54, 1.807) is 0 Å². The Bertz CT molecular complexity index is 388. The van der Waals surface area contributed by atoms with Crippen LogP contribution in [0.15, 0.2) is 18.2 Å². The predicted molar refractivity (Wildman–Crippen MR) is 60.4 cm³/mol. The highest BCUT2D eigenvalue weighted by Crippen LogP contribution is 2.18. The average Bonchev–Trinajstić information content (AvgIpc) is 2.28. The Morgan fingerprint density at radius 2 is 2.00 bits per heavy atom. The van der Waals surface area contributed by atoms with Crippen molar-refractivity contribution in [1.29, 1.82) is 0 Å². The molecule has 1 aromatic carbocycles. The second kappa shape index (κ2) is 5.36. The molecule has 0 aliphatic carbocycles. The topological polar surface area (TPSA) is 20.3 Å². The minimum absolute atomic E-state index is 0.0576. The van der Waals surface area contributed by atoms with Gasteiger partial charge in [-0.05, 0) is 37.1 Å². The first kappa shape index (κ1) is 12.2. The zero-order valence-electron chi connectivity index (χ0n) is 9.53. The third-order valence-corrected chi connectivity index (χ3v) is 3.06. The maximum atomic E-state index is 13.0. The Balaban J connectivity index is 2.02. The van der Waals surface area contributed by atoms with Crippen molar-refractivity contribution in [3.05, 3.63) is 35.4 Å². The fourth-order valence-electron chi connectivity index (χ4n) is 2.31. The van der Waals surface area contributed by atoms with Crippen LogP contribution in [0.2, 0.25) is 0 Å². The molecule has 2 nitrogen and oxygen atoms in total. The standard InChI is InChI=1S/C13H15F2NO/c14-12-4-11(5-13(15)6-12)8-16-3-1-2-10(7-16)9-17/h4-6,9-10H,1-3,7-8H2. The molecule has 17 heavy (non-hydrogen) atoms. The summed E-state index contributed by atoms with van der Waals surface area (Å²) < 4.78 is 26.0. The summed E-state index contributed by atoms with van der Waals surface area (Å²) in [4.78, 5) is 12.8. The van der Waals surface area contributed by atoms with Crippen LogP contribution in [-0.4, -0.2) is 24.3 Å². The van der Waals surface area contributed by atoms with Crippen molar-refractivity contribution >= 4 is 6.29 Å². The summed E-state index contributed by atoms with van der Waals surface area (Å²) in [7, 11) is 0. The number of rotatable bonds is 3. The van der Waals surface area contributed by atoms with Gasteiger partial charge in [-0.3, -0.25) is 4.90 Å². The van der Waals surface area contributed by atoms with Gasteiger partial charge in [-0.2, -0.15) is 0 Å². The summed E-state index contributed by atoms with van der Waals surface area (Å²) >= 11 is 0. The van der Waals surface area contributed by atoms with E-state index in [9.17, 15) is 13.6 Å². The molecule has 0 spiro atoms. The van der Waals surface area contributed by atoms with E-state index in [4.69, 9.17) is 0 Å². The number of piperidine rings is 1. The van der Waals surface area contributed by atoms with Gasteiger partial charge >= 0.3 is 0 Å². The molecule has 1 aliphatic rings. The van der Waals surface area contributed by atoms with E-state index in [0.717, 1.165) is 31.7 Å². The third kappa shape index (κ3) is 3.33. The molecule has 1 atom stereocenters. The molecule has 0 amide bonds. The number of carbonyl (C=O) groups is 1. The number of nitrogens with zero attached hydrogens (tertiary/aromatic N) is 1. The van der Waals surface area contributed by atoms with Crippen LogP contribution in [-0.2, 0) is 11.3 Å². The van der Waals surface area contributed by atoms with Crippen molar-refractivity contribution in [3.8, 4) is 0 Å². The Kier molecular flexibility index (Phi) is 3.84. The fourth-order valence-corrected chi connectivity index (χ4v) is 2.31. The smallest absolute Gasteiger partial charge is 0.126 e. The van der Waals surface area contributed by atoms with Crippen molar-refractivity contribution in [2.45, 2.75) is 19.4 Å². The van der Waals surface area contributed by atoms with Gasteiger partial charge in [0.05, 0.1) is 0 Å². The second-order valence-corrected chi connectivity index (χ2v) is 4.55. The van der Waals surface area contributed by atoms with Crippen molar-refractivity contribution in [1.82, 2.24) is 4.90 Å². The molecule has 0 aromatic heterocycles. The molecule has 92 valence electrons. The minimum Gasteiger partial charge on any atom is -0.303 e. The van der Waals surface area contributed by atoms with Gasteiger partial charge in [0.2, 0.25) is 0 Å². The van der Waals surface area contributed by atoms with E-state index in [0.29, 0.717) is 18.7 Å². The van der Waals surface area contributed by atoms with Crippen LogP contribution in [0.4, 0.5) is 8.78 Å². The van der Waals surface area contributed by atoms with Gasteiger partial charge in [-0.1, -0.05) is 0 Å². The largest absolute Gasteiger partial charge is 0.303 e. The summed E-state index contributed by atoms with van der Waals surface area (Å²) in [5.41, 5.74) is 0.619. The van der Waals surface area contributed by atoms with Crippen molar-refractivity contribution in [2.75, 3.05) is 13.1 Å². The third-order valence-electron chi connectivity index (χ3n) is 3.06. The zero-order chi connectivity index (χ0) is 12.3. The number of likely N-dealkylation sites (tertiary alicyclic amines) is 1. The van der Waals surface area contributed by atoms with E-state index in [-0.39, 0.29) is 5.92 Å². The molecule has 1 unspecified atom stereocenters. The number of aldehydes is 1. The Morgan fingerprint density at radius 3 is 2.65 bits per heavy atom. The highest BCUT2D eigenvalue weighted by Gasteiger charge is 2.19. The van der Waals surface area contributed by atoms with E-state index in [2.05, 4.69) is 4.90 Å². The Morgan fingerprint density at radius 1 is 1.29 bits per heavy atom.